The van der Waals surface area contributed by atoms with Crippen LogP contribution in [0.3, 0.4) is 0 Å². The summed E-state index contributed by atoms with van der Waals surface area (Å²) in [6.45, 7) is 0.570. The number of carbonyl (C=O) groups is 2. The highest BCUT2D eigenvalue weighted by Crippen LogP contribution is 2.32. The number of fused-ring (bicyclic) bond motifs is 1. The number of phenols is 1. The first-order valence-electron chi connectivity index (χ1n) is 7.87. The number of amides is 1. The number of aromatic hydroxyl groups is 1. The van der Waals surface area contributed by atoms with Gasteiger partial charge in [0.1, 0.15) is 17.1 Å². The molecule has 0 radical (unpaired) electrons. The van der Waals surface area contributed by atoms with Gasteiger partial charge in [0.15, 0.2) is 0 Å². The summed E-state index contributed by atoms with van der Waals surface area (Å²) in [6.07, 6.45) is 0.477. The average Bonchev–Trinajstić information content (AvgIpc) is 2.64. The number of halogens is 1. The highest BCUT2D eigenvalue weighted by Gasteiger charge is 2.43. The Hall–Kier alpha value is -2.67. The third kappa shape index (κ3) is 3.02. The minimum atomic E-state index is -1.25. The Bertz CT molecular complexity index is 830. The average molecular weight is 347 g/mol. The van der Waals surface area contributed by atoms with Crippen LogP contribution in [0.1, 0.15) is 23.2 Å². The predicted octanol–water partition coefficient (Wildman–Crippen LogP) is 2.14. The predicted molar refractivity (Wildman–Crippen MR) is 87.8 cm³/mol. The fourth-order valence-corrected chi connectivity index (χ4v) is 3.07. The van der Waals surface area contributed by atoms with Crippen LogP contribution in [0.5, 0.6) is 5.75 Å². The third-order valence-electron chi connectivity index (χ3n) is 4.49. The molecule has 0 saturated carbocycles. The summed E-state index contributed by atoms with van der Waals surface area (Å²) in [6, 6.07) is 7.28. The topological polar surface area (TPSA) is 84.9 Å². The SMILES string of the molecule is COC(=O)C1(NC(=O)c2cc(F)c3ccccc3c2O)CCOCC1. The van der Waals surface area contributed by atoms with E-state index < -0.39 is 23.2 Å². The molecule has 132 valence electrons. The molecule has 1 saturated heterocycles. The molecule has 0 unspecified atom stereocenters. The fraction of sp³-hybridized carbons (Fsp3) is 0.333. The monoisotopic (exact) mass is 347 g/mol. The molecule has 1 aliphatic rings. The molecule has 0 bridgehead atoms. The minimum absolute atomic E-state index is 0.213. The van der Waals surface area contributed by atoms with Gasteiger partial charge in [0.05, 0.1) is 12.7 Å². The van der Waals surface area contributed by atoms with Gasteiger partial charge >= 0.3 is 5.97 Å². The smallest absolute Gasteiger partial charge is 0.331 e. The van der Waals surface area contributed by atoms with Gasteiger partial charge < -0.3 is 19.9 Å². The molecule has 1 fully saturated rings. The van der Waals surface area contributed by atoms with Gasteiger partial charge in [-0.25, -0.2) is 9.18 Å². The maximum atomic E-state index is 14.3. The number of ether oxygens (including phenoxy) is 2. The van der Waals surface area contributed by atoms with Crippen LogP contribution in [0, 0.1) is 5.82 Å². The first kappa shape index (κ1) is 17.2. The maximum absolute atomic E-state index is 14.3. The first-order chi connectivity index (χ1) is 12.0. The van der Waals surface area contributed by atoms with Gasteiger partial charge in [0, 0.05) is 36.8 Å². The minimum Gasteiger partial charge on any atom is -0.506 e. The zero-order valence-electron chi connectivity index (χ0n) is 13.7. The van der Waals surface area contributed by atoms with E-state index in [1.165, 1.54) is 19.2 Å². The Kier molecular flexibility index (Phi) is 4.59. The van der Waals surface area contributed by atoms with E-state index >= 15 is 0 Å². The second-order valence-corrected chi connectivity index (χ2v) is 5.94. The number of carbonyl (C=O) groups excluding carboxylic acids is 2. The van der Waals surface area contributed by atoms with Crippen molar-refractivity contribution in [3.8, 4) is 5.75 Å². The van der Waals surface area contributed by atoms with Gasteiger partial charge in [-0.1, -0.05) is 24.3 Å². The summed E-state index contributed by atoms with van der Waals surface area (Å²) < 4.78 is 24.3. The number of hydrogen-bond donors (Lipinski definition) is 2. The Morgan fingerprint density at radius 2 is 1.88 bits per heavy atom. The van der Waals surface area contributed by atoms with Gasteiger partial charge in [-0.15, -0.1) is 0 Å². The first-order valence-corrected chi connectivity index (χ1v) is 7.87. The van der Waals surface area contributed by atoms with E-state index in [1.54, 1.807) is 12.1 Å². The Morgan fingerprint density at radius 3 is 2.52 bits per heavy atom. The van der Waals surface area contributed by atoms with Crippen molar-refractivity contribution in [3.63, 3.8) is 0 Å². The molecule has 0 aromatic heterocycles. The van der Waals surface area contributed by atoms with E-state index in [4.69, 9.17) is 9.47 Å². The zero-order valence-corrected chi connectivity index (χ0v) is 13.7. The molecule has 2 N–H and O–H groups in total. The number of hydrogen-bond acceptors (Lipinski definition) is 5. The van der Waals surface area contributed by atoms with Crippen LogP contribution in [0.25, 0.3) is 10.8 Å². The molecule has 2 aromatic rings. The Morgan fingerprint density at radius 1 is 1.24 bits per heavy atom. The lowest BCUT2D eigenvalue weighted by molar-refractivity contribution is -0.152. The summed E-state index contributed by atoms with van der Waals surface area (Å²) in [5.41, 5.74) is -1.48. The van der Waals surface area contributed by atoms with Crippen LogP contribution in [0.4, 0.5) is 4.39 Å². The molecule has 2 aromatic carbocycles. The van der Waals surface area contributed by atoms with Crippen molar-refractivity contribution in [2.24, 2.45) is 0 Å². The van der Waals surface area contributed by atoms with E-state index in [9.17, 15) is 19.1 Å². The molecule has 3 rings (SSSR count). The summed E-state index contributed by atoms with van der Waals surface area (Å²) in [5.74, 6) is -2.29. The molecule has 0 spiro atoms. The van der Waals surface area contributed by atoms with Crippen LogP contribution >= 0.6 is 0 Å². The van der Waals surface area contributed by atoms with Crippen molar-refractivity contribution < 1.29 is 28.6 Å². The number of benzene rings is 2. The summed E-state index contributed by atoms with van der Waals surface area (Å²) in [5, 5.41) is 13.4. The highest BCUT2D eigenvalue weighted by atomic mass is 19.1. The number of nitrogens with one attached hydrogen (secondary N) is 1. The van der Waals surface area contributed by atoms with Gasteiger partial charge in [-0.2, -0.15) is 0 Å². The van der Waals surface area contributed by atoms with Crippen molar-refractivity contribution in [1.82, 2.24) is 5.32 Å². The number of rotatable bonds is 3. The van der Waals surface area contributed by atoms with Crippen molar-refractivity contribution in [1.29, 1.82) is 0 Å². The van der Waals surface area contributed by atoms with E-state index in [0.717, 1.165) is 6.07 Å². The second-order valence-electron chi connectivity index (χ2n) is 5.94. The van der Waals surface area contributed by atoms with Crippen molar-refractivity contribution in [3.05, 3.63) is 41.7 Å². The van der Waals surface area contributed by atoms with E-state index in [0.29, 0.717) is 0 Å². The standard InChI is InChI=1S/C18H18FNO5/c1-24-17(23)18(6-8-25-9-7-18)20-16(22)13-10-14(19)11-4-2-3-5-12(11)15(13)21/h2-5,10,21H,6-9H2,1H3,(H,20,22). The lowest BCUT2D eigenvalue weighted by Crippen LogP contribution is -2.58. The van der Waals surface area contributed by atoms with Crippen molar-refractivity contribution >= 4 is 22.6 Å². The highest BCUT2D eigenvalue weighted by molar-refractivity contribution is 6.05. The quantitative estimate of drug-likeness (QED) is 0.831. The van der Waals surface area contributed by atoms with Crippen LogP contribution in [0.15, 0.2) is 30.3 Å². The van der Waals surface area contributed by atoms with Gasteiger partial charge in [-0.3, -0.25) is 4.79 Å². The van der Waals surface area contributed by atoms with E-state index in [-0.39, 0.29) is 48.1 Å². The lowest BCUT2D eigenvalue weighted by atomic mass is 9.89. The zero-order chi connectivity index (χ0) is 18.0. The maximum Gasteiger partial charge on any atom is 0.331 e. The lowest BCUT2D eigenvalue weighted by Gasteiger charge is -2.35. The fourth-order valence-electron chi connectivity index (χ4n) is 3.07. The van der Waals surface area contributed by atoms with E-state index in [1.807, 2.05) is 0 Å². The molecule has 6 nitrogen and oxygen atoms in total. The van der Waals surface area contributed by atoms with Gasteiger partial charge in [0.25, 0.3) is 5.91 Å². The van der Waals surface area contributed by atoms with Gasteiger partial charge in [0.2, 0.25) is 0 Å². The normalized spacial score (nSPS) is 16.4. The Balaban J connectivity index is 1.99. The summed E-state index contributed by atoms with van der Waals surface area (Å²) in [7, 11) is 1.23. The van der Waals surface area contributed by atoms with Crippen LogP contribution < -0.4 is 5.32 Å². The third-order valence-corrected chi connectivity index (χ3v) is 4.49. The molecule has 0 aliphatic carbocycles. The summed E-state index contributed by atoms with van der Waals surface area (Å²) in [4.78, 5) is 24.9. The molecular weight excluding hydrogens is 329 g/mol. The number of methoxy groups -OCH3 is 1. The van der Waals surface area contributed by atoms with Crippen molar-refractivity contribution in [2.75, 3.05) is 20.3 Å². The second kappa shape index (κ2) is 6.68. The Labute approximate surface area is 143 Å². The number of phenolic OH excluding ortho intramolecular Hbond substituents is 1. The van der Waals surface area contributed by atoms with Gasteiger partial charge in [-0.05, 0) is 6.07 Å². The molecule has 1 amide bonds. The van der Waals surface area contributed by atoms with Crippen LogP contribution in [-0.2, 0) is 14.3 Å². The number of esters is 1. The molecule has 0 atom stereocenters. The van der Waals surface area contributed by atoms with Crippen LogP contribution in [0.2, 0.25) is 0 Å². The molecular formula is C18H18FNO5. The largest absolute Gasteiger partial charge is 0.506 e. The van der Waals surface area contributed by atoms with Crippen molar-refractivity contribution in [2.45, 2.75) is 18.4 Å². The summed E-state index contributed by atoms with van der Waals surface area (Å²) >= 11 is 0. The molecule has 25 heavy (non-hydrogen) atoms. The van der Waals surface area contributed by atoms with E-state index in [2.05, 4.69) is 5.32 Å². The molecule has 7 heteroatoms. The molecule has 1 heterocycles. The van der Waals surface area contributed by atoms with Crippen LogP contribution in [-0.4, -0.2) is 42.8 Å². The molecule has 1 aliphatic heterocycles.